The fraction of sp³-hybridized carbons (Fsp3) is 0.562. The van der Waals surface area contributed by atoms with Crippen LogP contribution in [0.5, 0.6) is 0 Å². The van der Waals surface area contributed by atoms with Crippen molar-refractivity contribution < 1.29 is 14.3 Å². The number of methoxy groups -OCH3 is 1. The summed E-state index contributed by atoms with van der Waals surface area (Å²) in [6.07, 6.45) is 2.68. The van der Waals surface area contributed by atoms with Crippen LogP contribution >= 0.6 is 23.2 Å². The molecular weight excluding hydrogens is 325 g/mol. The number of benzene rings is 1. The standard InChI is InChI=1S/C16H19Cl2NO3/c1-21-14(20)4-2-3-11-12(5-6-13(17)15(11)18)16-7-10(8-22-16)19-9-16/h5-6,10,19H,2-4,7-9H2,1H3. The summed E-state index contributed by atoms with van der Waals surface area (Å²) >= 11 is 12.6. The Bertz CT molecular complexity index is 583. The van der Waals surface area contributed by atoms with E-state index in [0.717, 1.165) is 30.7 Å². The molecule has 0 saturated carbocycles. The molecule has 2 heterocycles. The lowest BCUT2D eigenvalue weighted by Gasteiger charge is -2.30. The van der Waals surface area contributed by atoms with Crippen LogP contribution in [0.25, 0.3) is 0 Å². The van der Waals surface area contributed by atoms with E-state index < -0.39 is 0 Å². The molecule has 1 aromatic rings. The molecule has 0 aromatic heterocycles. The predicted octanol–water partition coefficient (Wildman–Crippen LogP) is 3.08. The summed E-state index contributed by atoms with van der Waals surface area (Å²) in [7, 11) is 1.40. The molecule has 0 amide bonds. The Morgan fingerprint density at radius 1 is 1.50 bits per heavy atom. The van der Waals surface area contributed by atoms with Crippen molar-refractivity contribution >= 4 is 29.2 Å². The van der Waals surface area contributed by atoms with E-state index in [9.17, 15) is 4.79 Å². The number of fused-ring (bicyclic) bond motifs is 2. The molecular formula is C16H19Cl2NO3. The zero-order valence-electron chi connectivity index (χ0n) is 12.5. The lowest BCUT2D eigenvalue weighted by molar-refractivity contribution is -0.140. The van der Waals surface area contributed by atoms with E-state index in [2.05, 4.69) is 10.1 Å². The highest BCUT2D eigenvalue weighted by Gasteiger charge is 2.48. The van der Waals surface area contributed by atoms with Crippen LogP contribution in [0.1, 0.15) is 30.4 Å². The highest BCUT2D eigenvalue weighted by atomic mass is 35.5. The van der Waals surface area contributed by atoms with Crippen molar-refractivity contribution in [2.75, 3.05) is 20.3 Å². The average molecular weight is 344 g/mol. The average Bonchev–Trinajstić information content (AvgIpc) is 3.13. The minimum atomic E-state index is -0.306. The Labute approximate surface area is 140 Å². The second kappa shape index (κ2) is 6.36. The maximum atomic E-state index is 11.3. The molecule has 2 bridgehead atoms. The molecule has 2 aliphatic heterocycles. The lowest BCUT2D eigenvalue weighted by Crippen LogP contribution is -2.38. The fourth-order valence-electron chi connectivity index (χ4n) is 3.40. The van der Waals surface area contributed by atoms with Gasteiger partial charge in [-0.25, -0.2) is 0 Å². The summed E-state index contributed by atoms with van der Waals surface area (Å²) in [4.78, 5) is 11.3. The summed E-state index contributed by atoms with van der Waals surface area (Å²) in [5.41, 5.74) is 1.78. The van der Waals surface area contributed by atoms with E-state index in [1.807, 2.05) is 12.1 Å². The van der Waals surface area contributed by atoms with Crippen LogP contribution in [0.3, 0.4) is 0 Å². The largest absolute Gasteiger partial charge is 0.469 e. The van der Waals surface area contributed by atoms with E-state index in [1.54, 1.807) is 0 Å². The second-order valence-corrected chi connectivity index (χ2v) is 6.69. The van der Waals surface area contributed by atoms with E-state index in [4.69, 9.17) is 27.9 Å². The van der Waals surface area contributed by atoms with Crippen molar-refractivity contribution in [3.8, 4) is 0 Å². The smallest absolute Gasteiger partial charge is 0.305 e. The number of esters is 1. The van der Waals surface area contributed by atoms with Gasteiger partial charge in [0.05, 0.1) is 23.8 Å². The molecule has 0 radical (unpaired) electrons. The molecule has 4 nitrogen and oxygen atoms in total. The highest BCUT2D eigenvalue weighted by Crippen LogP contribution is 2.44. The summed E-state index contributed by atoms with van der Waals surface area (Å²) in [5, 5.41) is 4.57. The summed E-state index contributed by atoms with van der Waals surface area (Å²) in [6, 6.07) is 4.25. The zero-order chi connectivity index (χ0) is 15.7. The fourth-order valence-corrected chi connectivity index (χ4v) is 3.83. The number of carbonyl (C=O) groups excluding carboxylic acids is 1. The number of rotatable bonds is 5. The van der Waals surface area contributed by atoms with Gasteiger partial charge in [-0.1, -0.05) is 29.3 Å². The van der Waals surface area contributed by atoms with Crippen LogP contribution in [-0.4, -0.2) is 32.3 Å². The van der Waals surface area contributed by atoms with Crippen molar-refractivity contribution in [1.82, 2.24) is 5.32 Å². The molecule has 2 aliphatic rings. The first-order valence-electron chi connectivity index (χ1n) is 7.47. The second-order valence-electron chi connectivity index (χ2n) is 5.90. The van der Waals surface area contributed by atoms with Crippen LogP contribution in [0, 0.1) is 0 Å². The van der Waals surface area contributed by atoms with Gasteiger partial charge < -0.3 is 14.8 Å². The third-order valence-electron chi connectivity index (χ3n) is 4.54. The first-order valence-corrected chi connectivity index (χ1v) is 8.23. The maximum Gasteiger partial charge on any atom is 0.305 e. The molecule has 3 rings (SSSR count). The molecule has 1 aromatic carbocycles. The van der Waals surface area contributed by atoms with Crippen molar-refractivity contribution in [2.45, 2.75) is 37.3 Å². The van der Waals surface area contributed by atoms with E-state index in [0.29, 0.717) is 35.3 Å². The maximum absolute atomic E-state index is 11.3. The molecule has 2 saturated heterocycles. The first kappa shape index (κ1) is 16.1. The predicted molar refractivity (Wildman–Crippen MR) is 85.5 cm³/mol. The van der Waals surface area contributed by atoms with Gasteiger partial charge in [-0.3, -0.25) is 4.79 Å². The Balaban J connectivity index is 1.86. The van der Waals surface area contributed by atoms with Crippen LogP contribution in [0.15, 0.2) is 12.1 Å². The van der Waals surface area contributed by atoms with Gasteiger partial charge in [0.1, 0.15) is 5.60 Å². The summed E-state index contributed by atoms with van der Waals surface area (Å²) < 4.78 is 10.7. The van der Waals surface area contributed by atoms with E-state index >= 15 is 0 Å². The van der Waals surface area contributed by atoms with Crippen LogP contribution < -0.4 is 5.32 Å². The lowest BCUT2D eigenvalue weighted by atomic mass is 9.87. The first-order chi connectivity index (χ1) is 10.6. The Morgan fingerprint density at radius 2 is 2.32 bits per heavy atom. The quantitative estimate of drug-likeness (QED) is 0.834. The van der Waals surface area contributed by atoms with Gasteiger partial charge in [-0.15, -0.1) is 0 Å². The SMILES string of the molecule is COC(=O)CCCc1c(C23CNC(CO2)C3)ccc(Cl)c1Cl. The topological polar surface area (TPSA) is 47.6 Å². The molecule has 2 fully saturated rings. The monoisotopic (exact) mass is 343 g/mol. The summed E-state index contributed by atoms with van der Waals surface area (Å²) in [5.74, 6) is -0.211. The van der Waals surface area contributed by atoms with Gasteiger partial charge in [0, 0.05) is 19.0 Å². The third kappa shape index (κ3) is 2.85. The molecule has 0 spiro atoms. The number of morpholine rings is 1. The van der Waals surface area contributed by atoms with Crippen LogP contribution in [-0.2, 0) is 26.3 Å². The Hall–Kier alpha value is -0.810. The molecule has 22 heavy (non-hydrogen) atoms. The third-order valence-corrected chi connectivity index (χ3v) is 5.38. The molecule has 2 atom stereocenters. The molecule has 0 aliphatic carbocycles. The minimum Gasteiger partial charge on any atom is -0.469 e. The van der Waals surface area contributed by atoms with Gasteiger partial charge >= 0.3 is 5.97 Å². The number of ether oxygens (including phenoxy) is 2. The van der Waals surface area contributed by atoms with Crippen LogP contribution in [0.4, 0.5) is 0 Å². The van der Waals surface area contributed by atoms with Gasteiger partial charge in [-0.05, 0) is 36.5 Å². The number of hydrogen-bond acceptors (Lipinski definition) is 4. The molecule has 2 unspecified atom stereocenters. The molecule has 6 heteroatoms. The molecule has 120 valence electrons. The Morgan fingerprint density at radius 3 is 2.91 bits per heavy atom. The number of halogens is 2. The number of carbonyl (C=O) groups is 1. The van der Waals surface area contributed by atoms with Crippen LogP contribution in [0.2, 0.25) is 10.0 Å². The van der Waals surface area contributed by atoms with E-state index in [-0.39, 0.29) is 11.6 Å². The summed E-state index contributed by atoms with van der Waals surface area (Å²) in [6.45, 7) is 1.52. The van der Waals surface area contributed by atoms with Crippen molar-refractivity contribution in [3.63, 3.8) is 0 Å². The Kier molecular flexibility index (Phi) is 4.64. The normalized spacial score (nSPS) is 26.4. The van der Waals surface area contributed by atoms with Gasteiger partial charge in [0.15, 0.2) is 0 Å². The van der Waals surface area contributed by atoms with Crippen molar-refractivity contribution in [1.29, 1.82) is 0 Å². The van der Waals surface area contributed by atoms with Gasteiger partial charge in [0.25, 0.3) is 0 Å². The number of hydrogen-bond donors (Lipinski definition) is 1. The minimum absolute atomic E-state index is 0.211. The van der Waals surface area contributed by atoms with Crippen molar-refractivity contribution in [2.24, 2.45) is 0 Å². The van der Waals surface area contributed by atoms with Crippen molar-refractivity contribution in [3.05, 3.63) is 33.3 Å². The van der Waals surface area contributed by atoms with E-state index in [1.165, 1.54) is 7.11 Å². The molecule has 1 N–H and O–H groups in total. The zero-order valence-corrected chi connectivity index (χ0v) is 14.0. The van der Waals surface area contributed by atoms with Gasteiger partial charge in [0.2, 0.25) is 0 Å². The number of nitrogens with one attached hydrogen (secondary N) is 1. The van der Waals surface area contributed by atoms with Gasteiger partial charge in [-0.2, -0.15) is 0 Å². The highest BCUT2D eigenvalue weighted by molar-refractivity contribution is 6.42.